The van der Waals surface area contributed by atoms with Gasteiger partial charge in [0.05, 0.1) is 0 Å². The van der Waals surface area contributed by atoms with E-state index >= 15 is 0 Å². The smallest absolute Gasteiger partial charge is 0.182 e. The standard InChI is InChI=1S/C42H34N4O/c1-3-9-29(10-4-1)39-44-40(30-11-5-2-6-12-30)46-41(45-39)35-16-15-33(31-13-7-8-14-32(31)35)34-17-18-36(37-38(34)47-25-43-37)42-22-26-19-27(23-42)21-28(20-26)24-42/h1-18,25-28H,19-24H2. The minimum atomic E-state index is 0.250. The molecular weight excluding hydrogens is 576 g/mol. The molecule has 4 saturated carbocycles. The average molecular weight is 611 g/mol. The zero-order valence-corrected chi connectivity index (χ0v) is 26.1. The zero-order chi connectivity index (χ0) is 31.0. The highest BCUT2D eigenvalue weighted by Gasteiger charge is 2.52. The summed E-state index contributed by atoms with van der Waals surface area (Å²) in [5.41, 5.74) is 8.71. The number of aromatic nitrogens is 4. The molecular formula is C42H34N4O. The first kappa shape index (κ1) is 27.0. The predicted molar refractivity (Wildman–Crippen MR) is 186 cm³/mol. The average Bonchev–Trinajstić information content (AvgIpc) is 3.61. The third kappa shape index (κ3) is 4.36. The zero-order valence-electron chi connectivity index (χ0n) is 26.1. The van der Waals surface area contributed by atoms with E-state index in [1.165, 1.54) is 44.1 Å². The van der Waals surface area contributed by atoms with Crippen LogP contribution in [0.2, 0.25) is 0 Å². The van der Waals surface area contributed by atoms with Crippen molar-refractivity contribution in [3.8, 4) is 45.3 Å². The molecule has 11 rings (SSSR count). The molecule has 7 aromatic rings. The third-order valence-electron chi connectivity index (χ3n) is 11.2. The van der Waals surface area contributed by atoms with Gasteiger partial charge in [0, 0.05) is 22.3 Å². The van der Waals surface area contributed by atoms with E-state index in [1.807, 2.05) is 60.7 Å². The summed E-state index contributed by atoms with van der Waals surface area (Å²) in [6.07, 6.45) is 9.85. The van der Waals surface area contributed by atoms with Gasteiger partial charge in [0.15, 0.2) is 29.4 Å². The molecule has 0 unspecified atom stereocenters. The summed E-state index contributed by atoms with van der Waals surface area (Å²) >= 11 is 0. The molecule has 0 saturated heterocycles. The van der Waals surface area contributed by atoms with Gasteiger partial charge in [-0.3, -0.25) is 0 Å². The van der Waals surface area contributed by atoms with E-state index in [0.717, 1.165) is 67.4 Å². The van der Waals surface area contributed by atoms with Crippen molar-refractivity contribution < 1.29 is 4.42 Å². The lowest BCUT2D eigenvalue weighted by Gasteiger charge is -2.57. The molecule has 0 aliphatic heterocycles. The summed E-state index contributed by atoms with van der Waals surface area (Å²) in [6, 6.07) is 37.9. The third-order valence-corrected chi connectivity index (χ3v) is 11.2. The minimum absolute atomic E-state index is 0.250. The lowest BCUT2D eigenvalue weighted by Crippen LogP contribution is -2.48. The highest BCUT2D eigenvalue weighted by Crippen LogP contribution is 2.61. The fourth-order valence-corrected chi connectivity index (χ4v) is 9.69. The van der Waals surface area contributed by atoms with Crippen molar-refractivity contribution in [3.05, 3.63) is 121 Å². The van der Waals surface area contributed by atoms with Gasteiger partial charge >= 0.3 is 0 Å². The van der Waals surface area contributed by atoms with Crippen LogP contribution in [0.1, 0.15) is 44.1 Å². The van der Waals surface area contributed by atoms with Crippen LogP contribution < -0.4 is 0 Å². The monoisotopic (exact) mass is 610 g/mol. The van der Waals surface area contributed by atoms with Crippen LogP contribution in [-0.4, -0.2) is 19.9 Å². The molecule has 5 aromatic carbocycles. The number of nitrogens with zero attached hydrogens (tertiary/aromatic N) is 4. The van der Waals surface area contributed by atoms with Crippen LogP contribution >= 0.6 is 0 Å². The maximum atomic E-state index is 6.26. The van der Waals surface area contributed by atoms with E-state index in [-0.39, 0.29) is 5.41 Å². The number of rotatable bonds is 5. The Bertz CT molecular complexity index is 2200. The van der Waals surface area contributed by atoms with Crippen LogP contribution in [0.4, 0.5) is 0 Å². The summed E-state index contributed by atoms with van der Waals surface area (Å²) in [5.74, 6) is 4.60. The quantitative estimate of drug-likeness (QED) is 0.194. The lowest BCUT2D eigenvalue weighted by molar-refractivity contribution is -0.00457. The fourth-order valence-electron chi connectivity index (χ4n) is 9.69. The largest absolute Gasteiger partial charge is 0.443 e. The lowest BCUT2D eigenvalue weighted by atomic mass is 9.48. The number of fused-ring (bicyclic) bond motifs is 2. The van der Waals surface area contributed by atoms with Crippen LogP contribution in [0.25, 0.3) is 67.2 Å². The van der Waals surface area contributed by atoms with Crippen molar-refractivity contribution in [3.63, 3.8) is 0 Å². The van der Waals surface area contributed by atoms with Crippen LogP contribution in [0.5, 0.6) is 0 Å². The van der Waals surface area contributed by atoms with Gasteiger partial charge < -0.3 is 4.42 Å². The molecule has 0 amide bonds. The van der Waals surface area contributed by atoms with Crippen molar-refractivity contribution in [2.24, 2.45) is 17.8 Å². The molecule has 0 atom stereocenters. The van der Waals surface area contributed by atoms with Crippen LogP contribution in [0.15, 0.2) is 120 Å². The van der Waals surface area contributed by atoms with E-state index in [2.05, 4.69) is 48.5 Å². The first-order valence-corrected chi connectivity index (χ1v) is 17.0. The van der Waals surface area contributed by atoms with E-state index in [1.54, 1.807) is 6.39 Å². The number of hydrogen-bond donors (Lipinski definition) is 0. The van der Waals surface area contributed by atoms with E-state index in [0.29, 0.717) is 17.5 Å². The van der Waals surface area contributed by atoms with Gasteiger partial charge in [-0.2, -0.15) is 0 Å². The van der Waals surface area contributed by atoms with Crippen molar-refractivity contribution in [1.29, 1.82) is 0 Å². The fraction of sp³-hybridized carbons (Fsp3) is 0.238. The Morgan fingerprint density at radius 1 is 0.511 bits per heavy atom. The SMILES string of the molecule is c1ccc(-c2nc(-c3ccccc3)nc(-c3ccc(-c4ccc(C56CC7CC(CC(C7)C5)C6)c5ncoc45)c4ccccc34)n2)cc1. The number of oxazole rings is 1. The maximum Gasteiger partial charge on any atom is 0.182 e. The molecule has 4 bridgehead atoms. The Morgan fingerprint density at radius 3 is 1.64 bits per heavy atom. The summed E-state index contributed by atoms with van der Waals surface area (Å²) in [5, 5.41) is 2.22. The molecule has 4 aliphatic carbocycles. The minimum Gasteiger partial charge on any atom is -0.443 e. The highest BCUT2D eigenvalue weighted by molar-refractivity contribution is 6.08. The summed E-state index contributed by atoms with van der Waals surface area (Å²) in [4.78, 5) is 19.9. The summed E-state index contributed by atoms with van der Waals surface area (Å²) < 4.78 is 6.26. The van der Waals surface area contributed by atoms with Crippen molar-refractivity contribution in [2.45, 2.75) is 43.9 Å². The molecule has 47 heavy (non-hydrogen) atoms. The second-order valence-corrected chi connectivity index (χ2v) is 14.1. The van der Waals surface area contributed by atoms with Crippen molar-refractivity contribution in [2.75, 3.05) is 0 Å². The summed E-state index contributed by atoms with van der Waals surface area (Å²) in [7, 11) is 0. The van der Waals surface area contributed by atoms with E-state index in [4.69, 9.17) is 24.4 Å². The van der Waals surface area contributed by atoms with Gasteiger partial charge in [-0.15, -0.1) is 0 Å². The van der Waals surface area contributed by atoms with Crippen LogP contribution in [0, 0.1) is 17.8 Å². The second-order valence-electron chi connectivity index (χ2n) is 14.1. The van der Waals surface area contributed by atoms with Gasteiger partial charge in [0.1, 0.15) is 5.52 Å². The van der Waals surface area contributed by atoms with Crippen LogP contribution in [0.3, 0.4) is 0 Å². The summed E-state index contributed by atoms with van der Waals surface area (Å²) in [6.45, 7) is 0. The maximum absolute atomic E-state index is 6.26. The van der Waals surface area contributed by atoms with E-state index < -0.39 is 0 Å². The Hall–Kier alpha value is -5.16. The van der Waals surface area contributed by atoms with Gasteiger partial charge in [-0.05, 0) is 89.7 Å². The van der Waals surface area contributed by atoms with Gasteiger partial charge in [0.2, 0.25) is 0 Å². The Morgan fingerprint density at radius 2 is 1.02 bits per heavy atom. The molecule has 2 heterocycles. The molecule has 2 aromatic heterocycles. The molecule has 0 spiro atoms. The number of benzene rings is 5. The predicted octanol–water partition coefficient (Wildman–Crippen LogP) is 10.3. The van der Waals surface area contributed by atoms with Crippen molar-refractivity contribution in [1.82, 2.24) is 19.9 Å². The normalized spacial score (nSPS) is 23.1. The number of hydrogen-bond acceptors (Lipinski definition) is 5. The van der Waals surface area contributed by atoms with Gasteiger partial charge in [-0.1, -0.05) is 103 Å². The molecule has 4 fully saturated rings. The highest BCUT2D eigenvalue weighted by atomic mass is 16.3. The molecule has 5 heteroatoms. The molecule has 0 N–H and O–H groups in total. The first-order chi connectivity index (χ1) is 23.2. The van der Waals surface area contributed by atoms with Gasteiger partial charge in [-0.25, -0.2) is 19.9 Å². The molecule has 4 aliphatic rings. The molecule has 0 radical (unpaired) electrons. The Kier molecular flexibility index (Phi) is 5.99. The molecule has 228 valence electrons. The molecule has 5 nitrogen and oxygen atoms in total. The topological polar surface area (TPSA) is 64.7 Å². The van der Waals surface area contributed by atoms with Crippen LogP contribution in [-0.2, 0) is 5.41 Å². The first-order valence-electron chi connectivity index (χ1n) is 17.0. The Balaban J connectivity index is 1.13. The van der Waals surface area contributed by atoms with Crippen molar-refractivity contribution >= 4 is 21.9 Å². The second kappa shape index (κ2) is 10.4. The van der Waals surface area contributed by atoms with Gasteiger partial charge in [0.25, 0.3) is 0 Å². The van der Waals surface area contributed by atoms with E-state index in [9.17, 15) is 0 Å². The Labute approximate surface area is 273 Å².